The summed E-state index contributed by atoms with van der Waals surface area (Å²) in [6, 6.07) is 29.1. The fourth-order valence-corrected chi connectivity index (χ4v) is 4.91. The van der Waals surface area contributed by atoms with Crippen LogP contribution < -0.4 is 4.61 Å². The van der Waals surface area contributed by atoms with Crippen LogP contribution in [-0.2, 0) is 5.21 Å². The van der Waals surface area contributed by atoms with Gasteiger partial charge in [0, 0.05) is 0 Å². The van der Waals surface area contributed by atoms with Crippen molar-refractivity contribution < 1.29 is 0 Å². The average molecular weight is 449 g/mol. The SMILES string of the molecule is N#Cc1ccc(-c2nc([AsH]Cc3ccccc3)nc(-c3ccc(C#N)cc3)n2)cc1. The summed E-state index contributed by atoms with van der Waals surface area (Å²) in [7, 11) is 0. The van der Waals surface area contributed by atoms with Gasteiger partial charge in [0.15, 0.2) is 0 Å². The summed E-state index contributed by atoms with van der Waals surface area (Å²) in [6.45, 7) is 0. The van der Waals surface area contributed by atoms with E-state index in [9.17, 15) is 0 Å². The zero-order valence-electron chi connectivity index (χ0n) is 15.9. The first-order valence-corrected chi connectivity index (χ1v) is 11.8. The van der Waals surface area contributed by atoms with Gasteiger partial charge < -0.3 is 0 Å². The van der Waals surface area contributed by atoms with Gasteiger partial charge in [-0.15, -0.1) is 0 Å². The van der Waals surface area contributed by atoms with Crippen LogP contribution in [0.3, 0.4) is 0 Å². The third-order valence-corrected chi connectivity index (χ3v) is 6.83. The quantitative estimate of drug-likeness (QED) is 0.437. The molecular weight excluding hydrogens is 433 g/mol. The van der Waals surface area contributed by atoms with Crippen LogP contribution in [0.1, 0.15) is 16.7 Å². The van der Waals surface area contributed by atoms with Gasteiger partial charge in [-0.1, -0.05) is 0 Å². The summed E-state index contributed by atoms with van der Waals surface area (Å²) < 4.78 is 0.826. The summed E-state index contributed by atoms with van der Waals surface area (Å²) in [6.07, 6.45) is 0. The minimum absolute atomic E-state index is 0.595. The normalized spacial score (nSPS) is 10.6. The number of rotatable bonds is 5. The topological polar surface area (TPSA) is 86.2 Å². The third kappa shape index (κ3) is 4.61. The zero-order chi connectivity index (χ0) is 20.8. The van der Waals surface area contributed by atoms with Crippen molar-refractivity contribution in [2.24, 2.45) is 0 Å². The first kappa shape index (κ1) is 19.5. The van der Waals surface area contributed by atoms with Gasteiger partial charge >= 0.3 is 182 Å². The molecular formula is C24H16AsN5. The molecule has 4 aromatic rings. The molecule has 1 unspecified atom stereocenters. The number of nitriles is 2. The molecule has 3 aromatic carbocycles. The molecule has 0 saturated carbocycles. The van der Waals surface area contributed by atoms with Crippen molar-refractivity contribution in [1.82, 2.24) is 15.0 Å². The molecule has 6 heteroatoms. The van der Waals surface area contributed by atoms with Crippen molar-refractivity contribution in [2.45, 2.75) is 5.21 Å². The molecule has 0 saturated heterocycles. The second-order valence-electron chi connectivity index (χ2n) is 6.52. The molecule has 0 radical (unpaired) electrons. The summed E-state index contributed by atoms with van der Waals surface area (Å²) >= 11 is -0.610. The van der Waals surface area contributed by atoms with Crippen molar-refractivity contribution in [3.63, 3.8) is 0 Å². The summed E-state index contributed by atoms with van der Waals surface area (Å²) in [4.78, 5) is 14.1. The molecule has 0 aliphatic heterocycles. The van der Waals surface area contributed by atoms with Gasteiger partial charge in [-0.2, -0.15) is 0 Å². The van der Waals surface area contributed by atoms with E-state index in [1.807, 2.05) is 42.5 Å². The van der Waals surface area contributed by atoms with Crippen molar-refractivity contribution in [3.8, 4) is 34.9 Å². The van der Waals surface area contributed by atoms with Gasteiger partial charge in [-0.25, -0.2) is 0 Å². The Morgan fingerprint density at radius 1 is 0.633 bits per heavy atom. The number of hydrogen-bond acceptors (Lipinski definition) is 5. The van der Waals surface area contributed by atoms with Gasteiger partial charge in [0.25, 0.3) is 0 Å². The molecule has 0 aliphatic rings. The molecule has 0 aliphatic carbocycles. The van der Waals surface area contributed by atoms with E-state index < -0.39 is 15.8 Å². The van der Waals surface area contributed by atoms with Crippen LogP contribution in [-0.4, -0.2) is 30.7 Å². The van der Waals surface area contributed by atoms with E-state index in [4.69, 9.17) is 20.5 Å². The van der Waals surface area contributed by atoms with Gasteiger partial charge in [0.05, 0.1) is 0 Å². The fraction of sp³-hybridized carbons (Fsp3) is 0.0417. The molecule has 0 amide bonds. The van der Waals surface area contributed by atoms with Crippen LogP contribution >= 0.6 is 0 Å². The number of aromatic nitrogens is 3. The Morgan fingerprint density at radius 3 is 1.60 bits per heavy atom. The Bertz CT molecular complexity index is 1160. The Kier molecular flexibility index (Phi) is 5.95. The van der Waals surface area contributed by atoms with Crippen molar-refractivity contribution in [3.05, 3.63) is 95.6 Å². The van der Waals surface area contributed by atoms with Crippen molar-refractivity contribution in [2.75, 3.05) is 0 Å². The Morgan fingerprint density at radius 2 is 1.13 bits per heavy atom. The fourth-order valence-electron chi connectivity index (χ4n) is 2.88. The van der Waals surface area contributed by atoms with Gasteiger partial charge in [0.1, 0.15) is 0 Å². The van der Waals surface area contributed by atoms with Gasteiger partial charge in [0.2, 0.25) is 0 Å². The average Bonchev–Trinajstić information content (AvgIpc) is 2.83. The summed E-state index contributed by atoms with van der Waals surface area (Å²) in [5.74, 6) is 1.20. The predicted molar refractivity (Wildman–Crippen MR) is 117 cm³/mol. The zero-order valence-corrected chi connectivity index (χ0v) is 18.0. The number of hydrogen-bond donors (Lipinski definition) is 0. The first-order chi connectivity index (χ1) is 14.7. The van der Waals surface area contributed by atoms with E-state index in [0.717, 1.165) is 20.9 Å². The molecule has 0 fully saturated rings. The Hall–Kier alpha value is -3.79. The molecule has 1 heterocycles. The second kappa shape index (κ2) is 9.14. The molecule has 0 spiro atoms. The number of benzene rings is 3. The van der Waals surface area contributed by atoms with E-state index in [2.05, 4.69) is 29.3 Å². The maximum absolute atomic E-state index is 9.05. The van der Waals surface area contributed by atoms with Crippen LogP contribution in [0, 0.1) is 22.7 Å². The summed E-state index contributed by atoms with van der Waals surface area (Å²) in [5.41, 5.74) is 4.16. The molecule has 30 heavy (non-hydrogen) atoms. The molecule has 142 valence electrons. The monoisotopic (exact) mass is 449 g/mol. The third-order valence-electron chi connectivity index (χ3n) is 4.47. The van der Waals surface area contributed by atoms with E-state index in [-0.39, 0.29) is 0 Å². The molecule has 1 aromatic heterocycles. The molecule has 1 atom stereocenters. The second-order valence-corrected chi connectivity index (χ2v) is 8.95. The Labute approximate surface area is 181 Å². The molecule has 5 nitrogen and oxygen atoms in total. The molecule has 4 rings (SSSR count). The van der Waals surface area contributed by atoms with Crippen molar-refractivity contribution in [1.29, 1.82) is 10.5 Å². The summed E-state index contributed by atoms with van der Waals surface area (Å²) in [5, 5.41) is 19.0. The van der Waals surface area contributed by atoms with Crippen LogP contribution in [0.15, 0.2) is 78.9 Å². The van der Waals surface area contributed by atoms with Crippen LogP contribution in [0.25, 0.3) is 22.8 Å². The van der Waals surface area contributed by atoms with E-state index in [1.165, 1.54) is 5.56 Å². The van der Waals surface area contributed by atoms with Crippen LogP contribution in [0.5, 0.6) is 0 Å². The van der Waals surface area contributed by atoms with Crippen LogP contribution in [0.4, 0.5) is 0 Å². The molecule has 0 bridgehead atoms. The predicted octanol–water partition coefficient (Wildman–Crippen LogP) is 3.21. The van der Waals surface area contributed by atoms with E-state index in [0.29, 0.717) is 22.8 Å². The standard InChI is InChI=1S/C24H16AsN5/c26-15-18-6-10-20(11-7-18)22-28-23(21-12-8-19(16-27)9-13-21)30-24(29-22)25-14-17-4-2-1-3-5-17/h1-13,25H,14H2. The number of nitrogens with zero attached hydrogens (tertiary/aromatic N) is 5. The van der Waals surface area contributed by atoms with Gasteiger partial charge in [-0.3, -0.25) is 0 Å². The van der Waals surface area contributed by atoms with E-state index in [1.54, 1.807) is 24.3 Å². The van der Waals surface area contributed by atoms with Crippen molar-refractivity contribution >= 4 is 20.4 Å². The van der Waals surface area contributed by atoms with Gasteiger partial charge in [-0.05, 0) is 0 Å². The maximum atomic E-state index is 9.05. The minimum atomic E-state index is -0.610. The first-order valence-electron chi connectivity index (χ1n) is 9.30. The molecule has 0 N–H and O–H groups in total. The van der Waals surface area contributed by atoms with Crippen LogP contribution in [0.2, 0.25) is 0 Å². The van der Waals surface area contributed by atoms with E-state index >= 15 is 0 Å². The Balaban J connectivity index is 1.72.